The number of nitrogens with one attached hydrogen (secondary N) is 4. The van der Waals surface area contributed by atoms with E-state index in [-0.39, 0.29) is 29.8 Å². The molecule has 3 amide bonds. The van der Waals surface area contributed by atoms with Crippen LogP contribution in [0, 0.1) is 5.92 Å². The lowest BCUT2D eigenvalue weighted by molar-refractivity contribution is -0.122. The lowest BCUT2D eigenvalue weighted by Crippen LogP contribution is -2.49. The number of hydrogen-bond donors (Lipinski definition) is 4. The van der Waals surface area contributed by atoms with Gasteiger partial charge in [-0.15, -0.1) is 11.3 Å². The van der Waals surface area contributed by atoms with Crippen LogP contribution >= 0.6 is 27.3 Å². The molecule has 0 radical (unpaired) electrons. The monoisotopic (exact) mass is 820 g/mol. The van der Waals surface area contributed by atoms with Crippen LogP contribution in [0.3, 0.4) is 0 Å². The van der Waals surface area contributed by atoms with Crippen LogP contribution in [0.2, 0.25) is 0 Å². The average Bonchev–Trinajstić information content (AvgIpc) is 3.90. The lowest BCUT2D eigenvalue weighted by Gasteiger charge is -2.24. The number of anilines is 1. The Kier molecular flexibility index (Phi) is 20.7. The van der Waals surface area contributed by atoms with Gasteiger partial charge in [0.2, 0.25) is 5.91 Å². The van der Waals surface area contributed by atoms with Gasteiger partial charge in [0, 0.05) is 65.8 Å². The number of benzene rings is 3. The highest BCUT2D eigenvalue weighted by Gasteiger charge is 2.24. The van der Waals surface area contributed by atoms with Crippen LogP contribution in [0.4, 0.5) is 5.69 Å². The Morgan fingerprint density at radius 1 is 0.907 bits per heavy atom. The van der Waals surface area contributed by atoms with Gasteiger partial charge in [-0.1, -0.05) is 72.2 Å². The van der Waals surface area contributed by atoms with Gasteiger partial charge in [0.25, 0.3) is 11.8 Å². The summed E-state index contributed by atoms with van der Waals surface area (Å²) in [4.78, 5) is 62.7. The molecule has 4 N–H and O–H groups in total. The molecule has 3 aromatic carbocycles. The van der Waals surface area contributed by atoms with Crippen LogP contribution in [0.15, 0.2) is 88.2 Å². The van der Waals surface area contributed by atoms with E-state index >= 15 is 0 Å². The third kappa shape index (κ3) is 15.3. The number of rotatable bonds is 16. The number of hydrogen-bond acceptors (Lipinski definition) is 9. The Balaban J connectivity index is 0.00000160. The van der Waals surface area contributed by atoms with Crippen molar-refractivity contribution in [3.05, 3.63) is 116 Å². The molecule has 1 aliphatic rings. The van der Waals surface area contributed by atoms with Crippen molar-refractivity contribution in [3.8, 4) is 0 Å². The second-order valence-corrected chi connectivity index (χ2v) is 14.2. The van der Waals surface area contributed by atoms with Gasteiger partial charge in [-0.3, -0.25) is 14.4 Å². The zero-order valence-electron chi connectivity index (χ0n) is 31.8. The summed E-state index contributed by atoms with van der Waals surface area (Å²) in [7, 11) is 1.95. The van der Waals surface area contributed by atoms with Gasteiger partial charge in [-0.25, -0.2) is 4.98 Å². The van der Waals surface area contributed by atoms with Gasteiger partial charge < -0.3 is 35.8 Å². The van der Waals surface area contributed by atoms with Crippen molar-refractivity contribution in [1.82, 2.24) is 26.3 Å². The molecule has 13 heteroatoms. The average molecular weight is 822 g/mol. The fourth-order valence-corrected chi connectivity index (χ4v) is 6.16. The van der Waals surface area contributed by atoms with Crippen LogP contribution in [0.5, 0.6) is 0 Å². The zero-order chi connectivity index (χ0) is 40.0. The van der Waals surface area contributed by atoms with Crippen LogP contribution in [0.1, 0.15) is 84.1 Å². The van der Waals surface area contributed by atoms with Gasteiger partial charge in [0.15, 0.2) is 0 Å². The van der Waals surface area contributed by atoms with E-state index in [1.807, 2.05) is 125 Å². The van der Waals surface area contributed by atoms with Crippen LogP contribution < -0.4 is 26.2 Å². The summed E-state index contributed by atoms with van der Waals surface area (Å²) in [6.07, 6.45) is 2.83. The molecule has 0 spiro atoms. The first-order valence-corrected chi connectivity index (χ1v) is 19.6. The minimum atomic E-state index is -0.420. The van der Waals surface area contributed by atoms with Crippen molar-refractivity contribution in [2.24, 2.45) is 5.92 Å². The van der Waals surface area contributed by atoms with E-state index in [2.05, 4.69) is 42.2 Å². The Morgan fingerprint density at radius 3 is 2.09 bits per heavy atom. The van der Waals surface area contributed by atoms with E-state index in [1.165, 1.54) is 24.2 Å². The Labute approximate surface area is 331 Å². The third-order valence-corrected chi connectivity index (χ3v) is 9.63. The van der Waals surface area contributed by atoms with Gasteiger partial charge >= 0.3 is 0 Å². The predicted molar refractivity (Wildman–Crippen MR) is 221 cm³/mol. The molecule has 1 saturated carbocycles. The number of carbonyl (C=O) groups is 5. The summed E-state index contributed by atoms with van der Waals surface area (Å²) in [6, 6.07) is 22.1. The second kappa shape index (κ2) is 24.6. The fourth-order valence-electron chi connectivity index (χ4n) is 5.32. The van der Waals surface area contributed by atoms with Crippen molar-refractivity contribution in [2.45, 2.75) is 71.6 Å². The minimum Gasteiger partial charge on any atom is -0.370 e. The molecule has 1 fully saturated rings. The number of halogens is 1. The first kappa shape index (κ1) is 45.4. The quantitative estimate of drug-likeness (QED) is 0.0997. The van der Waals surface area contributed by atoms with Crippen molar-refractivity contribution in [2.75, 3.05) is 25.0 Å². The summed E-state index contributed by atoms with van der Waals surface area (Å²) >= 11 is 4.96. The number of thiazole rings is 1. The van der Waals surface area contributed by atoms with Gasteiger partial charge in [-0.2, -0.15) is 0 Å². The van der Waals surface area contributed by atoms with Crippen molar-refractivity contribution >= 4 is 64.3 Å². The maximum atomic E-state index is 13.9. The van der Waals surface area contributed by atoms with E-state index in [1.54, 1.807) is 11.6 Å². The van der Waals surface area contributed by atoms with Crippen molar-refractivity contribution in [3.63, 3.8) is 0 Å². The van der Waals surface area contributed by atoms with Crippen molar-refractivity contribution in [1.29, 1.82) is 0 Å². The molecule has 290 valence electrons. The Morgan fingerprint density at radius 2 is 1.52 bits per heavy atom. The Bertz CT molecular complexity index is 1700. The molecule has 1 aliphatic carbocycles. The topological polar surface area (TPSA) is 150 Å². The molecular weight excluding hydrogens is 768 g/mol. The second-order valence-electron chi connectivity index (χ2n) is 12.5. The van der Waals surface area contributed by atoms with Crippen LogP contribution in [-0.4, -0.2) is 68.5 Å². The molecule has 1 aromatic heterocycles. The van der Waals surface area contributed by atoms with E-state index in [0.717, 1.165) is 27.0 Å². The van der Waals surface area contributed by atoms with E-state index in [0.29, 0.717) is 43.1 Å². The molecule has 0 bridgehead atoms. The largest absolute Gasteiger partial charge is 0.370 e. The summed E-state index contributed by atoms with van der Waals surface area (Å²) in [6.45, 7) is 13.4. The summed E-state index contributed by atoms with van der Waals surface area (Å²) in [5.74, 6) is -0.0480. The van der Waals surface area contributed by atoms with Crippen LogP contribution in [0.25, 0.3) is 0 Å². The molecule has 0 unspecified atom stereocenters. The maximum absolute atomic E-state index is 13.9. The molecule has 54 heavy (non-hydrogen) atoms. The summed E-state index contributed by atoms with van der Waals surface area (Å²) < 4.78 is 0.962. The van der Waals surface area contributed by atoms with E-state index in [4.69, 9.17) is 9.59 Å². The maximum Gasteiger partial charge on any atom is 0.251 e. The molecule has 11 nitrogen and oxygen atoms in total. The molecule has 5 rings (SSSR count). The molecule has 0 aliphatic heterocycles. The Hall–Kier alpha value is -4.72. The first-order valence-electron chi connectivity index (χ1n) is 17.9. The van der Waals surface area contributed by atoms with Gasteiger partial charge in [0.1, 0.15) is 13.6 Å². The normalized spacial score (nSPS) is 13.1. The molecule has 1 heterocycles. The standard InChI is InChI=1S/C37H43BrN6O3S.C2H6.2CH2O/c1-24(28-11-13-31(38)14-12-28)42-36(46)29-15-30(17-34(16-29)44(3)21-27-7-5-4-6-8-27)37(47)43-32(18-33-22-48-23-41-33)20-39-25(2)35(45)40-19-26-9-10-26;3*1-2/h4-8,11-17,22-26,32,39H,9-10,18-21H2,1-3H3,(H,40,45)(H,42,46)(H,43,47);1-2H3;2*1H2/t24-,25+,32+;;;/m1.../s1. The SMILES string of the molecule is C=O.C=O.CC.C[C@H](NC[C@H](Cc1cscn1)NC(=O)c1cc(C(=O)N[C@H](C)c2ccc(Br)cc2)cc(N(C)Cc2ccccc2)c1)C(=O)NCC1CC1. The first-order chi connectivity index (χ1) is 26.1. The van der Waals surface area contributed by atoms with Gasteiger partial charge in [0.05, 0.1) is 23.3 Å². The van der Waals surface area contributed by atoms with Gasteiger partial charge in [-0.05, 0) is 74.1 Å². The number of nitrogens with zero attached hydrogens (tertiary/aromatic N) is 2. The van der Waals surface area contributed by atoms with Crippen molar-refractivity contribution < 1.29 is 24.0 Å². The third-order valence-electron chi connectivity index (χ3n) is 8.46. The summed E-state index contributed by atoms with van der Waals surface area (Å²) in [5, 5.41) is 14.5. The molecule has 3 atom stereocenters. The number of aromatic nitrogens is 1. The smallest absolute Gasteiger partial charge is 0.251 e. The van der Waals surface area contributed by atoms with E-state index < -0.39 is 6.04 Å². The fraction of sp³-hybridized carbons (Fsp3) is 0.366. The highest BCUT2D eigenvalue weighted by molar-refractivity contribution is 9.10. The van der Waals surface area contributed by atoms with Crippen LogP contribution in [-0.2, 0) is 27.3 Å². The lowest BCUT2D eigenvalue weighted by atomic mass is 10.0. The minimum absolute atomic E-state index is 0.0530. The zero-order valence-corrected chi connectivity index (χ0v) is 34.2. The highest BCUT2D eigenvalue weighted by Crippen LogP contribution is 2.27. The molecule has 4 aromatic rings. The number of amides is 3. The predicted octanol–water partition coefficient (Wildman–Crippen LogP) is 6.53. The molecular formula is C41H53BrN6O5S. The number of carbonyl (C=O) groups excluding carboxylic acids is 5. The highest BCUT2D eigenvalue weighted by atomic mass is 79.9. The van der Waals surface area contributed by atoms with E-state index in [9.17, 15) is 14.4 Å². The molecule has 0 saturated heterocycles. The summed E-state index contributed by atoms with van der Waals surface area (Å²) in [5.41, 5.74) is 6.19.